The van der Waals surface area contributed by atoms with Gasteiger partial charge in [0.25, 0.3) is 5.91 Å². The van der Waals surface area contributed by atoms with E-state index in [1.165, 1.54) is 23.3 Å². The van der Waals surface area contributed by atoms with Gasteiger partial charge in [0.2, 0.25) is 5.91 Å². The maximum absolute atomic E-state index is 11.9. The van der Waals surface area contributed by atoms with E-state index in [1.807, 2.05) is 5.38 Å². The molecule has 0 atom stereocenters. The van der Waals surface area contributed by atoms with Crippen LogP contribution < -0.4 is 15.5 Å². The first-order chi connectivity index (χ1) is 10.2. The van der Waals surface area contributed by atoms with Crippen molar-refractivity contribution in [1.29, 1.82) is 0 Å². The van der Waals surface area contributed by atoms with Crippen molar-refractivity contribution in [3.05, 3.63) is 11.6 Å². The Bertz CT molecular complexity index is 458. The molecule has 0 saturated carbocycles. The van der Waals surface area contributed by atoms with E-state index in [9.17, 15) is 9.59 Å². The van der Waals surface area contributed by atoms with Crippen LogP contribution in [-0.4, -0.2) is 56.2 Å². The van der Waals surface area contributed by atoms with Crippen molar-refractivity contribution < 1.29 is 19.2 Å². The molecule has 1 saturated heterocycles. The van der Waals surface area contributed by atoms with Gasteiger partial charge in [0.1, 0.15) is 6.61 Å². The zero-order chi connectivity index (χ0) is 15.1. The molecule has 2 rings (SSSR count). The molecule has 1 aromatic heterocycles. The van der Waals surface area contributed by atoms with Gasteiger partial charge in [-0.15, -0.1) is 11.3 Å². The highest BCUT2D eigenvalue weighted by atomic mass is 32.1. The molecule has 0 radical (unpaired) electrons. The summed E-state index contributed by atoms with van der Waals surface area (Å²) < 4.78 is 4.79. The van der Waals surface area contributed by atoms with E-state index < -0.39 is 0 Å². The average molecular weight is 313 g/mol. The maximum atomic E-state index is 11.9. The molecule has 2 heterocycles. The van der Waals surface area contributed by atoms with Crippen molar-refractivity contribution in [2.45, 2.75) is 18.9 Å². The first-order valence-corrected chi connectivity index (χ1v) is 7.86. The number of carbonyl (C=O) groups excluding carboxylic acids is 2. The summed E-state index contributed by atoms with van der Waals surface area (Å²) in [4.78, 5) is 28.6. The lowest BCUT2D eigenvalue weighted by Gasteiger charge is -2.29. The van der Waals surface area contributed by atoms with E-state index >= 15 is 0 Å². The van der Waals surface area contributed by atoms with E-state index in [0.717, 1.165) is 25.9 Å². The number of methoxy groups -OCH3 is 1. The fourth-order valence-corrected chi connectivity index (χ4v) is 2.97. The molecule has 8 heteroatoms. The highest BCUT2D eigenvalue weighted by Gasteiger charge is 2.25. The van der Waals surface area contributed by atoms with Crippen molar-refractivity contribution in [3.8, 4) is 0 Å². The summed E-state index contributed by atoms with van der Waals surface area (Å²) in [5, 5.41) is 8.20. The van der Waals surface area contributed by atoms with Crippen LogP contribution in [0.15, 0.2) is 11.6 Å². The second-order valence-electron chi connectivity index (χ2n) is 5.09. The molecule has 3 N–H and O–H groups in total. The molecule has 1 aromatic rings. The van der Waals surface area contributed by atoms with Crippen LogP contribution in [0.25, 0.3) is 0 Å². The van der Waals surface area contributed by atoms with Crippen LogP contribution in [0, 0.1) is 0 Å². The third kappa shape index (κ3) is 5.41. The largest absolute Gasteiger partial charge is 0.375 e. The molecular formula is C13H21N4O3S+. The second-order valence-corrected chi connectivity index (χ2v) is 5.98. The molecule has 1 aliphatic heterocycles. The van der Waals surface area contributed by atoms with E-state index in [-0.39, 0.29) is 24.5 Å². The number of hydrogen-bond acceptors (Lipinski definition) is 5. The van der Waals surface area contributed by atoms with E-state index in [4.69, 9.17) is 4.74 Å². The molecule has 0 unspecified atom stereocenters. The van der Waals surface area contributed by atoms with Gasteiger partial charge in [-0.3, -0.25) is 14.9 Å². The third-order valence-electron chi connectivity index (χ3n) is 3.42. The standard InChI is InChI=1S/C13H20N4O3S/c1-20-9-12(19)15-10-2-5-17(6-3-10)8-11(18)16-13-14-4-7-21-13/h4,7,10H,2-3,5-6,8-9H2,1H3,(H,15,19)(H,14,16,18)/p+1. The Hall–Kier alpha value is -1.51. The number of piperidine rings is 1. The Balaban J connectivity index is 1.66. The molecule has 1 aliphatic rings. The van der Waals surface area contributed by atoms with Crippen LogP contribution in [0.2, 0.25) is 0 Å². The van der Waals surface area contributed by atoms with Gasteiger partial charge in [-0.05, 0) is 0 Å². The molecule has 0 spiro atoms. The number of rotatable bonds is 6. The van der Waals surface area contributed by atoms with E-state index in [1.54, 1.807) is 6.20 Å². The molecule has 21 heavy (non-hydrogen) atoms. The summed E-state index contributed by atoms with van der Waals surface area (Å²) in [5.74, 6) is -0.0886. The van der Waals surface area contributed by atoms with Gasteiger partial charge in [0, 0.05) is 37.6 Å². The smallest absolute Gasteiger partial charge is 0.281 e. The zero-order valence-electron chi connectivity index (χ0n) is 12.1. The topological polar surface area (TPSA) is 84.8 Å². The van der Waals surface area contributed by atoms with Gasteiger partial charge in [0.05, 0.1) is 13.1 Å². The summed E-state index contributed by atoms with van der Waals surface area (Å²) in [7, 11) is 1.51. The fourth-order valence-electron chi connectivity index (χ4n) is 2.42. The molecule has 0 bridgehead atoms. The van der Waals surface area contributed by atoms with E-state index in [0.29, 0.717) is 11.7 Å². The Labute approximate surface area is 127 Å². The Morgan fingerprint density at radius 3 is 2.81 bits per heavy atom. The lowest BCUT2D eigenvalue weighted by molar-refractivity contribution is -0.897. The number of nitrogens with one attached hydrogen (secondary N) is 3. The van der Waals surface area contributed by atoms with Crippen molar-refractivity contribution in [2.75, 3.05) is 38.7 Å². The predicted molar refractivity (Wildman–Crippen MR) is 79.3 cm³/mol. The van der Waals surface area contributed by atoms with Crippen LogP contribution >= 0.6 is 11.3 Å². The number of nitrogens with zero attached hydrogens (tertiary/aromatic N) is 1. The Morgan fingerprint density at radius 1 is 1.43 bits per heavy atom. The number of anilines is 1. The number of thiazole rings is 1. The Kier molecular flexibility index (Phi) is 6.09. The van der Waals surface area contributed by atoms with Gasteiger partial charge >= 0.3 is 0 Å². The van der Waals surface area contributed by atoms with Gasteiger partial charge in [0.15, 0.2) is 11.7 Å². The number of aromatic nitrogens is 1. The molecule has 1 fully saturated rings. The highest BCUT2D eigenvalue weighted by Crippen LogP contribution is 2.09. The van der Waals surface area contributed by atoms with Crippen molar-refractivity contribution in [1.82, 2.24) is 10.3 Å². The van der Waals surface area contributed by atoms with Crippen LogP contribution in [0.3, 0.4) is 0 Å². The van der Waals surface area contributed by atoms with Crippen LogP contribution in [0.5, 0.6) is 0 Å². The normalized spacial score (nSPS) is 21.8. The predicted octanol–water partition coefficient (Wildman–Crippen LogP) is -1.11. The van der Waals surface area contributed by atoms with Gasteiger partial charge in [-0.25, -0.2) is 4.98 Å². The molecule has 2 amide bonds. The van der Waals surface area contributed by atoms with Gasteiger partial charge in [-0.2, -0.15) is 0 Å². The molecule has 116 valence electrons. The number of quaternary nitrogens is 1. The van der Waals surface area contributed by atoms with Crippen LogP contribution in [0.1, 0.15) is 12.8 Å². The number of hydrogen-bond donors (Lipinski definition) is 3. The van der Waals surface area contributed by atoms with Gasteiger partial charge in [-0.1, -0.05) is 0 Å². The van der Waals surface area contributed by atoms with Gasteiger partial charge < -0.3 is 15.0 Å². The van der Waals surface area contributed by atoms with Crippen molar-refractivity contribution >= 4 is 28.3 Å². The molecular weight excluding hydrogens is 292 g/mol. The quantitative estimate of drug-likeness (QED) is 0.622. The molecule has 0 aromatic carbocycles. The summed E-state index contributed by atoms with van der Waals surface area (Å²) in [5.41, 5.74) is 0. The first-order valence-electron chi connectivity index (χ1n) is 6.98. The number of carbonyl (C=O) groups is 2. The van der Waals surface area contributed by atoms with Crippen LogP contribution in [-0.2, 0) is 14.3 Å². The third-order valence-corrected chi connectivity index (χ3v) is 4.11. The second kappa shape index (κ2) is 8.06. The summed E-state index contributed by atoms with van der Waals surface area (Å²) in [6.45, 7) is 2.30. The summed E-state index contributed by atoms with van der Waals surface area (Å²) >= 11 is 1.41. The monoisotopic (exact) mass is 313 g/mol. The first kappa shape index (κ1) is 15.9. The fraction of sp³-hybridized carbons (Fsp3) is 0.615. The summed E-state index contributed by atoms with van der Waals surface area (Å²) in [6.07, 6.45) is 3.44. The van der Waals surface area contributed by atoms with Crippen molar-refractivity contribution in [3.63, 3.8) is 0 Å². The van der Waals surface area contributed by atoms with E-state index in [2.05, 4.69) is 15.6 Å². The minimum Gasteiger partial charge on any atom is -0.375 e. The SMILES string of the molecule is COCC(=O)NC1CC[NH+](CC(=O)Nc2nccs2)CC1. The zero-order valence-corrected chi connectivity index (χ0v) is 12.9. The maximum Gasteiger partial charge on any atom is 0.281 e. The lowest BCUT2D eigenvalue weighted by Crippen LogP contribution is -3.14. The minimum absolute atomic E-state index is 0.0122. The number of ether oxygens (including phenoxy) is 1. The Morgan fingerprint density at radius 2 is 2.19 bits per heavy atom. The molecule has 0 aliphatic carbocycles. The van der Waals surface area contributed by atoms with Crippen LogP contribution in [0.4, 0.5) is 5.13 Å². The lowest BCUT2D eigenvalue weighted by atomic mass is 10.1. The van der Waals surface area contributed by atoms with Crippen molar-refractivity contribution in [2.24, 2.45) is 0 Å². The average Bonchev–Trinajstić information content (AvgIpc) is 2.94. The minimum atomic E-state index is -0.0764. The highest BCUT2D eigenvalue weighted by molar-refractivity contribution is 7.13. The summed E-state index contributed by atoms with van der Waals surface area (Å²) in [6, 6.07) is 0.193. The molecule has 7 nitrogen and oxygen atoms in total. The number of amides is 2. The number of likely N-dealkylation sites (tertiary alicyclic amines) is 1.